The molecule has 10 heteroatoms. The van der Waals surface area contributed by atoms with Gasteiger partial charge in [0.25, 0.3) is 0 Å². The van der Waals surface area contributed by atoms with Crippen molar-refractivity contribution in [3.8, 4) is 40.2 Å². The van der Waals surface area contributed by atoms with Gasteiger partial charge in [-0.15, -0.1) is 0 Å². The van der Waals surface area contributed by atoms with Crippen LogP contribution in [0, 0.1) is 11.8 Å². The summed E-state index contributed by atoms with van der Waals surface area (Å²) in [5.74, 6) is 1.64. The zero-order valence-corrected chi connectivity index (χ0v) is 21.4. The predicted molar refractivity (Wildman–Crippen MR) is 137 cm³/mol. The number of nitrogens with one attached hydrogen (secondary N) is 1. The smallest absolute Gasteiger partial charge is 0.310 e. The summed E-state index contributed by atoms with van der Waals surface area (Å²) in [6.45, 7) is 1.38. The summed E-state index contributed by atoms with van der Waals surface area (Å²) >= 11 is 0. The number of anilines is 1. The minimum atomic E-state index is -0.508. The van der Waals surface area contributed by atoms with Crippen molar-refractivity contribution < 1.29 is 43.1 Å². The van der Waals surface area contributed by atoms with E-state index in [0.717, 1.165) is 22.4 Å². The molecule has 1 fully saturated rings. The highest BCUT2D eigenvalue weighted by atomic mass is 16.7. The standard InChI is InChI=1S/C29H27NO9/c1-33-23-7-14(8-24(34-2)28(23)31)25-16-10-21-22(39-13-38-21)11-17(16)27(18-12-37-29(32)26(18)25)30-15-3-4-19-20(9-15)36-6-5-35-19/h3-4,7-11,18,25-27,30-31H,5-6,12-13H2,1-2H3/t18-,25+,26-,27-/m0/s1. The Balaban J connectivity index is 1.38. The minimum absolute atomic E-state index is 0.103. The van der Waals surface area contributed by atoms with E-state index in [1.165, 1.54) is 14.2 Å². The monoisotopic (exact) mass is 533 g/mol. The molecule has 202 valence electrons. The van der Waals surface area contributed by atoms with E-state index in [-0.39, 0.29) is 48.6 Å². The second-order valence-corrected chi connectivity index (χ2v) is 9.89. The van der Waals surface area contributed by atoms with Crippen molar-refractivity contribution in [1.82, 2.24) is 0 Å². The average Bonchev–Trinajstić information content (AvgIpc) is 3.58. The van der Waals surface area contributed by atoms with Gasteiger partial charge in [0.1, 0.15) is 13.2 Å². The first-order chi connectivity index (χ1) is 19.1. The Morgan fingerprint density at radius 1 is 0.821 bits per heavy atom. The summed E-state index contributed by atoms with van der Waals surface area (Å²) in [6.07, 6.45) is 0. The molecule has 1 saturated heterocycles. The van der Waals surface area contributed by atoms with E-state index in [4.69, 9.17) is 33.2 Å². The SMILES string of the molecule is COc1cc([C@@H]2c3cc4c(cc3[C@H](Nc3ccc5c(c3)OCCO5)[C@H]3COC(=O)[C@H]23)OCO4)cc(OC)c1O. The molecule has 4 aliphatic rings. The molecular formula is C29H27NO9. The van der Waals surface area contributed by atoms with Gasteiger partial charge in [-0.1, -0.05) is 0 Å². The minimum Gasteiger partial charge on any atom is -0.502 e. The van der Waals surface area contributed by atoms with Crippen LogP contribution >= 0.6 is 0 Å². The number of cyclic esters (lactones) is 1. The van der Waals surface area contributed by atoms with Crippen LogP contribution in [0.2, 0.25) is 0 Å². The van der Waals surface area contributed by atoms with Crippen LogP contribution in [-0.4, -0.2) is 51.9 Å². The Hall–Kier alpha value is -4.47. The second-order valence-electron chi connectivity index (χ2n) is 9.89. The maximum atomic E-state index is 13.3. The Morgan fingerprint density at radius 3 is 2.21 bits per heavy atom. The van der Waals surface area contributed by atoms with Crippen molar-refractivity contribution in [2.45, 2.75) is 12.0 Å². The van der Waals surface area contributed by atoms with Crippen molar-refractivity contribution in [2.24, 2.45) is 11.8 Å². The number of rotatable bonds is 5. The molecule has 0 radical (unpaired) electrons. The lowest BCUT2D eigenvalue weighted by Crippen LogP contribution is -2.37. The fraction of sp³-hybridized carbons (Fsp3) is 0.345. The van der Waals surface area contributed by atoms with Crippen molar-refractivity contribution in [1.29, 1.82) is 0 Å². The van der Waals surface area contributed by atoms with Gasteiger partial charge in [-0.25, -0.2) is 0 Å². The molecular weight excluding hydrogens is 506 g/mol. The molecule has 0 saturated carbocycles. The Kier molecular flexibility index (Phi) is 5.50. The summed E-state index contributed by atoms with van der Waals surface area (Å²) in [7, 11) is 2.95. The molecule has 39 heavy (non-hydrogen) atoms. The zero-order valence-electron chi connectivity index (χ0n) is 21.4. The number of esters is 1. The van der Waals surface area contributed by atoms with Crippen LogP contribution in [0.4, 0.5) is 5.69 Å². The topological polar surface area (TPSA) is 114 Å². The molecule has 3 aliphatic heterocycles. The first-order valence-corrected chi connectivity index (χ1v) is 12.8. The summed E-state index contributed by atoms with van der Waals surface area (Å²) in [4.78, 5) is 13.3. The van der Waals surface area contributed by atoms with Crippen LogP contribution in [0.5, 0.6) is 40.2 Å². The fourth-order valence-electron chi connectivity index (χ4n) is 6.15. The van der Waals surface area contributed by atoms with Crippen molar-refractivity contribution in [3.05, 3.63) is 59.2 Å². The first kappa shape index (κ1) is 23.6. The number of carbonyl (C=O) groups is 1. The summed E-state index contributed by atoms with van der Waals surface area (Å²) in [6, 6.07) is 12.9. The van der Waals surface area contributed by atoms with Gasteiger partial charge in [0, 0.05) is 23.6 Å². The van der Waals surface area contributed by atoms with Gasteiger partial charge < -0.3 is 43.6 Å². The summed E-state index contributed by atoms with van der Waals surface area (Å²) in [5.41, 5.74) is 3.44. The number of carbonyl (C=O) groups excluding carboxylic acids is 1. The lowest BCUT2D eigenvalue weighted by molar-refractivity contribution is -0.141. The highest BCUT2D eigenvalue weighted by Crippen LogP contribution is 2.56. The third-order valence-electron chi connectivity index (χ3n) is 7.91. The van der Waals surface area contributed by atoms with Crippen LogP contribution in [-0.2, 0) is 9.53 Å². The number of phenols is 1. The van der Waals surface area contributed by atoms with Gasteiger partial charge in [0.05, 0.1) is 32.8 Å². The molecule has 3 aromatic rings. The van der Waals surface area contributed by atoms with Crippen molar-refractivity contribution in [2.75, 3.05) is 46.1 Å². The molecule has 2 N–H and O–H groups in total. The van der Waals surface area contributed by atoms with Crippen LogP contribution in [0.25, 0.3) is 0 Å². The summed E-state index contributed by atoms with van der Waals surface area (Å²) in [5, 5.41) is 14.2. The Labute approximate surface area is 224 Å². The van der Waals surface area contributed by atoms with E-state index >= 15 is 0 Å². The van der Waals surface area contributed by atoms with Gasteiger partial charge in [-0.3, -0.25) is 4.79 Å². The largest absolute Gasteiger partial charge is 0.502 e. The molecule has 4 atom stereocenters. The molecule has 3 aromatic carbocycles. The second kappa shape index (κ2) is 9.07. The maximum absolute atomic E-state index is 13.3. The molecule has 0 unspecified atom stereocenters. The predicted octanol–water partition coefficient (Wildman–Crippen LogP) is 4.00. The highest BCUT2D eigenvalue weighted by molar-refractivity contribution is 5.79. The van der Waals surface area contributed by atoms with Gasteiger partial charge in [0.2, 0.25) is 12.5 Å². The number of ether oxygens (including phenoxy) is 7. The molecule has 1 aliphatic carbocycles. The number of phenolic OH excluding ortho intramolecular Hbond substituents is 1. The van der Waals surface area contributed by atoms with Crippen molar-refractivity contribution >= 4 is 11.7 Å². The number of methoxy groups -OCH3 is 2. The first-order valence-electron chi connectivity index (χ1n) is 12.8. The number of fused-ring (bicyclic) bond motifs is 4. The molecule has 3 heterocycles. The Bertz CT molecular complexity index is 1450. The zero-order chi connectivity index (χ0) is 26.7. The van der Waals surface area contributed by atoms with E-state index in [1.54, 1.807) is 12.1 Å². The third-order valence-corrected chi connectivity index (χ3v) is 7.91. The van der Waals surface area contributed by atoms with Crippen LogP contribution < -0.4 is 33.7 Å². The van der Waals surface area contributed by atoms with Gasteiger partial charge in [0.15, 0.2) is 34.5 Å². The molecule has 0 amide bonds. The lowest BCUT2D eigenvalue weighted by atomic mass is 9.65. The normalized spacial score (nSPS) is 23.9. The number of aromatic hydroxyl groups is 1. The number of benzene rings is 3. The van der Waals surface area contributed by atoms with Crippen LogP contribution in [0.15, 0.2) is 42.5 Å². The molecule has 7 rings (SSSR count). The van der Waals surface area contributed by atoms with Gasteiger partial charge >= 0.3 is 5.97 Å². The van der Waals surface area contributed by atoms with Gasteiger partial charge in [-0.2, -0.15) is 0 Å². The fourth-order valence-corrected chi connectivity index (χ4v) is 6.15. The van der Waals surface area contributed by atoms with Crippen LogP contribution in [0.1, 0.15) is 28.7 Å². The lowest BCUT2D eigenvalue weighted by Gasteiger charge is -2.40. The summed E-state index contributed by atoms with van der Waals surface area (Å²) < 4.78 is 39.5. The number of hydrogen-bond acceptors (Lipinski definition) is 10. The molecule has 0 bridgehead atoms. The maximum Gasteiger partial charge on any atom is 0.310 e. The molecule has 10 nitrogen and oxygen atoms in total. The Morgan fingerprint density at radius 2 is 1.49 bits per heavy atom. The molecule has 0 spiro atoms. The number of hydrogen-bond donors (Lipinski definition) is 2. The van der Waals surface area contributed by atoms with E-state index in [9.17, 15) is 9.90 Å². The van der Waals surface area contributed by atoms with Gasteiger partial charge in [-0.05, 0) is 53.1 Å². The van der Waals surface area contributed by atoms with Crippen molar-refractivity contribution in [3.63, 3.8) is 0 Å². The van der Waals surface area contributed by atoms with E-state index in [2.05, 4.69) is 5.32 Å². The third kappa shape index (κ3) is 3.73. The quantitative estimate of drug-likeness (QED) is 0.467. The van der Waals surface area contributed by atoms with E-state index in [1.807, 2.05) is 30.3 Å². The van der Waals surface area contributed by atoms with Crippen LogP contribution in [0.3, 0.4) is 0 Å². The van der Waals surface area contributed by atoms with E-state index in [0.29, 0.717) is 36.2 Å². The average molecular weight is 534 g/mol. The highest BCUT2D eigenvalue weighted by Gasteiger charge is 2.52. The van der Waals surface area contributed by atoms with E-state index < -0.39 is 11.8 Å². The molecule has 0 aromatic heterocycles.